The standard InChI is InChI=1S/C22H33N3O5S/c1-17-7-12-24(13-8-17)10-3-9-23-22(26)19-4-2-11-25(19)31(27,28)18-5-6-20-21(16-18)30-15-14-29-20/h5-6,16-17,19H,2-4,7-15H2,1H3,(H,23,26). The van der Waals surface area contributed by atoms with Crippen molar-refractivity contribution in [3.05, 3.63) is 18.2 Å². The summed E-state index contributed by atoms with van der Waals surface area (Å²) in [4.78, 5) is 15.4. The van der Waals surface area contributed by atoms with Gasteiger partial charge in [0.15, 0.2) is 11.5 Å². The molecule has 0 radical (unpaired) electrons. The van der Waals surface area contributed by atoms with Gasteiger partial charge in [-0.3, -0.25) is 4.79 Å². The fraction of sp³-hybridized carbons (Fsp3) is 0.682. The van der Waals surface area contributed by atoms with Gasteiger partial charge in [-0.1, -0.05) is 6.92 Å². The number of nitrogens with one attached hydrogen (secondary N) is 1. The zero-order chi connectivity index (χ0) is 21.8. The summed E-state index contributed by atoms with van der Waals surface area (Å²) < 4.78 is 38.8. The topological polar surface area (TPSA) is 88.2 Å². The zero-order valence-corrected chi connectivity index (χ0v) is 19.0. The van der Waals surface area contributed by atoms with E-state index < -0.39 is 16.1 Å². The van der Waals surface area contributed by atoms with Gasteiger partial charge in [0.2, 0.25) is 15.9 Å². The summed E-state index contributed by atoms with van der Waals surface area (Å²) in [7, 11) is -3.79. The zero-order valence-electron chi connectivity index (χ0n) is 18.2. The van der Waals surface area contributed by atoms with Gasteiger partial charge in [0.05, 0.1) is 4.90 Å². The molecule has 0 saturated carbocycles. The van der Waals surface area contributed by atoms with Gasteiger partial charge in [-0.15, -0.1) is 0 Å². The normalized spacial score (nSPS) is 23.1. The highest BCUT2D eigenvalue weighted by atomic mass is 32.2. The predicted octanol–water partition coefficient (Wildman–Crippen LogP) is 1.85. The SMILES string of the molecule is CC1CCN(CCCNC(=O)C2CCCN2S(=O)(=O)c2ccc3c(c2)OCCO3)CC1. The van der Waals surface area contributed by atoms with Crippen molar-refractivity contribution in [3.63, 3.8) is 0 Å². The minimum atomic E-state index is -3.79. The third-order valence-corrected chi connectivity index (χ3v) is 8.36. The number of benzene rings is 1. The highest BCUT2D eigenvalue weighted by molar-refractivity contribution is 7.89. The maximum absolute atomic E-state index is 13.2. The molecule has 1 unspecified atom stereocenters. The van der Waals surface area contributed by atoms with Crippen molar-refractivity contribution in [2.24, 2.45) is 5.92 Å². The first-order chi connectivity index (χ1) is 14.9. The molecule has 0 aromatic heterocycles. The number of amides is 1. The number of nitrogens with zero attached hydrogens (tertiary/aromatic N) is 2. The van der Waals surface area contributed by atoms with Crippen molar-refractivity contribution in [1.29, 1.82) is 0 Å². The van der Waals surface area contributed by atoms with Crippen LogP contribution in [0.3, 0.4) is 0 Å². The van der Waals surface area contributed by atoms with Gasteiger partial charge >= 0.3 is 0 Å². The number of likely N-dealkylation sites (tertiary alicyclic amines) is 1. The molecule has 3 aliphatic rings. The molecule has 1 aromatic rings. The van der Waals surface area contributed by atoms with E-state index in [1.165, 1.54) is 29.3 Å². The number of carbonyl (C=O) groups is 1. The monoisotopic (exact) mass is 451 g/mol. The van der Waals surface area contributed by atoms with Gasteiger partial charge < -0.3 is 19.7 Å². The molecule has 2 fully saturated rings. The van der Waals surface area contributed by atoms with Gasteiger partial charge in [-0.25, -0.2) is 8.42 Å². The summed E-state index contributed by atoms with van der Waals surface area (Å²) in [6.07, 6.45) is 4.57. The van der Waals surface area contributed by atoms with Gasteiger partial charge in [0.1, 0.15) is 19.3 Å². The minimum Gasteiger partial charge on any atom is -0.486 e. The van der Waals surface area contributed by atoms with Crippen molar-refractivity contribution in [2.75, 3.05) is 45.9 Å². The highest BCUT2D eigenvalue weighted by Crippen LogP contribution is 2.34. The number of rotatable bonds is 7. The molecule has 2 saturated heterocycles. The third kappa shape index (κ3) is 5.15. The molecule has 1 aromatic carbocycles. The average molecular weight is 452 g/mol. The van der Waals surface area contributed by atoms with E-state index in [1.807, 2.05) is 0 Å². The van der Waals surface area contributed by atoms with Crippen LogP contribution in [0.1, 0.15) is 39.0 Å². The Morgan fingerprint density at radius 2 is 1.84 bits per heavy atom. The molecular formula is C22H33N3O5S. The van der Waals surface area contributed by atoms with Gasteiger partial charge in [0, 0.05) is 19.2 Å². The van der Waals surface area contributed by atoms with Gasteiger partial charge in [-0.2, -0.15) is 4.31 Å². The molecule has 31 heavy (non-hydrogen) atoms. The summed E-state index contributed by atoms with van der Waals surface area (Å²) in [6.45, 7) is 7.27. The molecule has 1 atom stereocenters. The van der Waals surface area contributed by atoms with Crippen LogP contribution in [0.5, 0.6) is 11.5 Å². The molecule has 3 aliphatic heterocycles. The van der Waals surface area contributed by atoms with Crippen LogP contribution < -0.4 is 14.8 Å². The van der Waals surface area contributed by atoms with E-state index in [2.05, 4.69) is 17.1 Å². The largest absolute Gasteiger partial charge is 0.486 e. The first-order valence-corrected chi connectivity index (χ1v) is 12.8. The molecule has 0 spiro atoms. The van der Waals surface area contributed by atoms with Crippen LogP contribution in [0, 0.1) is 5.92 Å². The third-order valence-electron chi connectivity index (χ3n) is 6.45. The number of piperidine rings is 1. The van der Waals surface area contributed by atoms with E-state index in [0.29, 0.717) is 50.6 Å². The van der Waals surface area contributed by atoms with E-state index in [-0.39, 0.29) is 10.8 Å². The van der Waals surface area contributed by atoms with E-state index in [9.17, 15) is 13.2 Å². The molecule has 172 valence electrons. The minimum absolute atomic E-state index is 0.135. The van der Waals surface area contributed by atoms with Crippen molar-refractivity contribution in [1.82, 2.24) is 14.5 Å². The maximum atomic E-state index is 13.2. The lowest BCUT2D eigenvalue weighted by molar-refractivity contribution is -0.124. The molecule has 9 heteroatoms. The quantitative estimate of drug-likeness (QED) is 0.637. The Morgan fingerprint density at radius 1 is 1.10 bits per heavy atom. The Kier molecular flexibility index (Phi) is 7.03. The number of sulfonamides is 1. The van der Waals surface area contributed by atoms with Crippen molar-refractivity contribution < 1.29 is 22.7 Å². The molecule has 4 rings (SSSR count). The lowest BCUT2D eigenvalue weighted by Gasteiger charge is -2.30. The predicted molar refractivity (Wildman–Crippen MR) is 117 cm³/mol. The van der Waals surface area contributed by atoms with E-state index >= 15 is 0 Å². The molecular weight excluding hydrogens is 418 g/mol. The van der Waals surface area contributed by atoms with Crippen molar-refractivity contribution in [3.8, 4) is 11.5 Å². The van der Waals surface area contributed by atoms with E-state index in [4.69, 9.17) is 9.47 Å². The van der Waals surface area contributed by atoms with Crippen LogP contribution >= 0.6 is 0 Å². The van der Waals surface area contributed by atoms with Crippen LogP contribution in [0.15, 0.2) is 23.1 Å². The van der Waals surface area contributed by atoms with Crippen molar-refractivity contribution >= 4 is 15.9 Å². The fourth-order valence-corrected chi connectivity index (χ4v) is 6.20. The summed E-state index contributed by atoms with van der Waals surface area (Å²) in [5.74, 6) is 1.58. The van der Waals surface area contributed by atoms with Crippen LogP contribution in [0.2, 0.25) is 0 Å². The summed E-state index contributed by atoms with van der Waals surface area (Å²) >= 11 is 0. The average Bonchev–Trinajstić information content (AvgIpc) is 3.28. The second kappa shape index (κ2) is 9.75. The Bertz CT molecular complexity index is 883. The van der Waals surface area contributed by atoms with E-state index in [0.717, 1.165) is 32.0 Å². The first kappa shape index (κ1) is 22.4. The van der Waals surface area contributed by atoms with Crippen LogP contribution in [0.4, 0.5) is 0 Å². The number of fused-ring (bicyclic) bond motifs is 1. The van der Waals surface area contributed by atoms with Crippen LogP contribution in [-0.2, 0) is 14.8 Å². The Morgan fingerprint density at radius 3 is 2.61 bits per heavy atom. The lowest BCUT2D eigenvalue weighted by atomic mass is 9.99. The number of hydrogen-bond acceptors (Lipinski definition) is 6. The Labute approximate surface area is 184 Å². The molecule has 8 nitrogen and oxygen atoms in total. The smallest absolute Gasteiger partial charge is 0.243 e. The van der Waals surface area contributed by atoms with Crippen molar-refractivity contribution in [2.45, 2.75) is 50.0 Å². The number of hydrogen-bond donors (Lipinski definition) is 1. The summed E-state index contributed by atoms with van der Waals surface area (Å²) in [5, 5.41) is 2.96. The second-order valence-electron chi connectivity index (χ2n) is 8.75. The highest BCUT2D eigenvalue weighted by Gasteiger charge is 2.39. The lowest BCUT2D eigenvalue weighted by Crippen LogP contribution is -2.46. The maximum Gasteiger partial charge on any atom is 0.243 e. The molecule has 1 N–H and O–H groups in total. The second-order valence-corrected chi connectivity index (χ2v) is 10.6. The molecule has 0 aliphatic carbocycles. The van der Waals surface area contributed by atoms with Gasteiger partial charge in [0.25, 0.3) is 0 Å². The first-order valence-electron chi connectivity index (χ1n) is 11.4. The fourth-order valence-electron chi connectivity index (χ4n) is 4.53. The molecule has 1 amide bonds. The Hall–Kier alpha value is -1.84. The van der Waals surface area contributed by atoms with Crippen LogP contribution in [-0.4, -0.2) is 75.5 Å². The van der Waals surface area contributed by atoms with Crippen LogP contribution in [0.25, 0.3) is 0 Å². The van der Waals surface area contributed by atoms with E-state index in [1.54, 1.807) is 6.07 Å². The molecule has 3 heterocycles. The summed E-state index contributed by atoms with van der Waals surface area (Å²) in [6, 6.07) is 3.98. The molecule has 0 bridgehead atoms. The number of ether oxygens (including phenoxy) is 2. The summed E-state index contributed by atoms with van der Waals surface area (Å²) in [5.41, 5.74) is 0. The Balaban J connectivity index is 1.33. The number of carbonyl (C=O) groups excluding carboxylic acids is 1. The van der Waals surface area contributed by atoms with Gasteiger partial charge in [-0.05, 0) is 69.8 Å².